The predicted octanol–water partition coefficient (Wildman–Crippen LogP) is 4.43. The van der Waals surface area contributed by atoms with Crippen LogP contribution in [0.25, 0.3) is 5.57 Å². The Labute approximate surface area is 136 Å². The van der Waals surface area contributed by atoms with Crippen molar-refractivity contribution < 1.29 is 4.79 Å². The summed E-state index contributed by atoms with van der Waals surface area (Å²) in [6, 6.07) is 8.02. The smallest absolute Gasteiger partial charge is 0.252 e. The van der Waals surface area contributed by atoms with Crippen LogP contribution < -0.4 is 5.32 Å². The van der Waals surface area contributed by atoms with Crippen LogP contribution in [0.5, 0.6) is 0 Å². The first kappa shape index (κ1) is 14.3. The third-order valence-corrected chi connectivity index (χ3v) is 5.52. The van der Waals surface area contributed by atoms with E-state index < -0.39 is 0 Å². The SMILES string of the molecule is O=C1NC2(CCCCC2)C(CBr)=C1c1ccc(Br)cc1. The van der Waals surface area contributed by atoms with E-state index in [1.165, 1.54) is 24.8 Å². The zero-order valence-electron chi connectivity index (χ0n) is 11.2. The molecular weight excluding hydrogens is 382 g/mol. The number of rotatable bonds is 2. The van der Waals surface area contributed by atoms with Gasteiger partial charge in [0.15, 0.2) is 0 Å². The van der Waals surface area contributed by atoms with Gasteiger partial charge in [0, 0.05) is 15.4 Å². The second kappa shape index (κ2) is 5.64. The summed E-state index contributed by atoms with van der Waals surface area (Å²) in [5.74, 6) is 0.0867. The summed E-state index contributed by atoms with van der Waals surface area (Å²) in [7, 11) is 0. The fourth-order valence-electron chi connectivity index (χ4n) is 3.43. The van der Waals surface area contributed by atoms with E-state index in [0.717, 1.165) is 33.8 Å². The van der Waals surface area contributed by atoms with E-state index in [-0.39, 0.29) is 11.4 Å². The first-order valence-corrected chi connectivity index (χ1v) is 8.96. The maximum atomic E-state index is 12.5. The molecule has 2 aliphatic rings. The highest BCUT2D eigenvalue weighted by atomic mass is 79.9. The second-order valence-corrected chi connectivity index (χ2v) is 7.07. The number of halogens is 2. The molecular formula is C16H17Br2NO. The number of hydrogen-bond donors (Lipinski definition) is 1. The van der Waals surface area contributed by atoms with Crippen molar-refractivity contribution in [2.24, 2.45) is 0 Å². The van der Waals surface area contributed by atoms with Crippen molar-refractivity contribution in [1.29, 1.82) is 0 Å². The molecule has 0 saturated heterocycles. The van der Waals surface area contributed by atoms with E-state index in [1.807, 2.05) is 24.3 Å². The average molecular weight is 399 g/mol. The van der Waals surface area contributed by atoms with E-state index >= 15 is 0 Å². The summed E-state index contributed by atoms with van der Waals surface area (Å²) in [6.07, 6.45) is 5.81. The number of hydrogen-bond acceptors (Lipinski definition) is 1. The Balaban J connectivity index is 2.07. The van der Waals surface area contributed by atoms with Gasteiger partial charge in [0.2, 0.25) is 0 Å². The van der Waals surface area contributed by atoms with Crippen molar-refractivity contribution in [3.05, 3.63) is 39.9 Å². The Morgan fingerprint density at radius 3 is 2.35 bits per heavy atom. The van der Waals surface area contributed by atoms with Crippen LogP contribution in [-0.4, -0.2) is 16.8 Å². The summed E-state index contributed by atoms with van der Waals surface area (Å²) in [6.45, 7) is 0. The summed E-state index contributed by atoms with van der Waals surface area (Å²) in [5, 5.41) is 4.04. The van der Waals surface area contributed by atoms with Gasteiger partial charge < -0.3 is 5.32 Å². The molecule has 1 aromatic rings. The Morgan fingerprint density at radius 1 is 1.10 bits per heavy atom. The van der Waals surface area contributed by atoms with Gasteiger partial charge in [-0.05, 0) is 36.1 Å². The van der Waals surface area contributed by atoms with Gasteiger partial charge in [-0.2, -0.15) is 0 Å². The average Bonchev–Trinajstić information content (AvgIpc) is 2.72. The molecule has 0 unspecified atom stereocenters. The lowest BCUT2D eigenvalue weighted by atomic mass is 9.77. The van der Waals surface area contributed by atoms with Gasteiger partial charge >= 0.3 is 0 Å². The first-order valence-electron chi connectivity index (χ1n) is 7.04. The Bertz CT molecular complexity index is 556. The molecule has 1 N–H and O–H groups in total. The van der Waals surface area contributed by atoms with E-state index in [9.17, 15) is 4.79 Å². The van der Waals surface area contributed by atoms with Gasteiger partial charge in [-0.25, -0.2) is 0 Å². The Kier molecular flexibility index (Phi) is 4.04. The number of nitrogens with one attached hydrogen (secondary N) is 1. The minimum Gasteiger partial charge on any atom is -0.343 e. The van der Waals surface area contributed by atoms with Crippen molar-refractivity contribution in [2.75, 3.05) is 5.33 Å². The molecule has 1 heterocycles. The molecule has 1 spiro atoms. The zero-order chi connectivity index (χ0) is 14.2. The minimum atomic E-state index is -0.0960. The molecule has 4 heteroatoms. The molecule has 1 amide bonds. The maximum Gasteiger partial charge on any atom is 0.252 e. The highest BCUT2D eigenvalue weighted by Gasteiger charge is 2.44. The van der Waals surface area contributed by atoms with Crippen LogP contribution in [0.4, 0.5) is 0 Å². The van der Waals surface area contributed by atoms with Crippen LogP contribution in [-0.2, 0) is 4.79 Å². The highest BCUT2D eigenvalue weighted by Crippen LogP contribution is 2.43. The van der Waals surface area contributed by atoms with Crippen LogP contribution in [0.3, 0.4) is 0 Å². The molecule has 2 nitrogen and oxygen atoms in total. The van der Waals surface area contributed by atoms with Crippen molar-refractivity contribution in [2.45, 2.75) is 37.6 Å². The van der Waals surface area contributed by atoms with Crippen molar-refractivity contribution >= 4 is 43.3 Å². The van der Waals surface area contributed by atoms with Crippen molar-refractivity contribution in [3.8, 4) is 0 Å². The van der Waals surface area contributed by atoms with Gasteiger partial charge in [-0.1, -0.05) is 63.3 Å². The second-order valence-electron chi connectivity index (χ2n) is 5.59. The quantitative estimate of drug-likeness (QED) is 0.733. The third kappa shape index (κ3) is 2.37. The standard InChI is InChI=1S/C16H17Br2NO/c17-10-13-14(11-4-6-12(18)7-5-11)15(20)19-16(13)8-2-1-3-9-16/h4-7H,1-3,8-10H2,(H,19,20). The van der Waals surface area contributed by atoms with Crippen molar-refractivity contribution in [3.63, 3.8) is 0 Å². The molecule has 0 radical (unpaired) electrons. The van der Waals surface area contributed by atoms with Crippen LogP contribution in [0.1, 0.15) is 37.7 Å². The lowest BCUT2D eigenvalue weighted by molar-refractivity contribution is -0.116. The molecule has 1 fully saturated rings. The van der Waals surface area contributed by atoms with Gasteiger partial charge in [0.1, 0.15) is 0 Å². The fraction of sp³-hybridized carbons (Fsp3) is 0.438. The lowest BCUT2D eigenvalue weighted by Crippen LogP contribution is -2.46. The molecule has 1 aromatic carbocycles. The fourth-order valence-corrected chi connectivity index (χ4v) is 4.51. The summed E-state index contributed by atoms with van der Waals surface area (Å²) >= 11 is 7.05. The summed E-state index contributed by atoms with van der Waals surface area (Å²) < 4.78 is 1.04. The van der Waals surface area contributed by atoms with Crippen LogP contribution in [0.2, 0.25) is 0 Å². The van der Waals surface area contributed by atoms with Gasteiger partial charge in [-0.3, -0.25) is 4.79 Å². The van der Waals surface area contributed by atoms with Gasteiger partial charge in [-0.15, -0.1) is 0 Å². The number of carbonyl (C=O) groups excluding carboxylic acids is 1. The molecule has 1 aliphatic heterocycles. The number of benzene rings is 1. The number of alkyl halides is 1. The van der Waals surface area contributed by atoms with E-state index in [2.05, 4.69) is 37.2 Å². The molecule has 3 rings (SSSR count). The highest BCUT2D eigenvalue weighted by molar-refractivity contribution is 9.10. The Hall–Kier alpha value is -0.610. The minimum absolute atomic E-state index is 0.0867. The van der Waals surface area contributed by atoms with E-state index in [1.54, 1.807) is 0 Å². The van der Waals surface area contributed by atoms with Gasteiger partial charge in [0.25, 0.3) is 5.91 Å². The normalized spacial score (nSPS) is 21.4. The first-order chi connectivity index (χ1) is 9.66. The zero-order valence-corrected chi connectivity index (χ0v) is 14.4. The number of amides is 1. The Morgan fingerprint density at radius 2 is 1.75 bits per heavy atom. The van der Waals surface area contributed by atoms with E-state index in [0.29, 0.717) is 0 Å². The van der Waals surface area contributed by atoms with Crippen LogP contribution >= 0.6 is 31.9 Å². The molecule has 0 atom stereocenters. The third-order valence-electron chi connectivity index (χ3n) is 4.43. The topological polar surface area (TPSA) is 29.1 Å². The van der Waals surface area contributed by atoms with Gasteiger partial charge in [0.05, 0.1) is 5.54 Å². The lowest BCUT2D eigenvalue weighted by Gasteiger charge is -2.35. The molecule has 20 heavy (non-hydrogen) atoms. The predicted molar refractivity (Wildman–Crippen MR) is 88.8 cm³/mol. The molecule has 0 aromatic heterocycles. The van der Waals surface area contributed by atoms with E-state index in [4.69, 9.17) is 0 Å². The largest absolute Gasteiger partial charge is 0.343 e. The summed E-state index contributed by atoms with van der Waals surface area (Å²) in [5.41, 5.74) is 3.03. The van der Waals surface area contributed by atoms with Crippen LogP contribution in [0, 0.1) is 0 Å². The number of carbonyl (C=O) groups is 1. The van der Waals surface area contributed by atoms with Crippen LogP contribution in [0.15, 0.2) is 34.3 Å². The molecule has 1 aliphatic carbocycles. The monoisotopic (exact) mass is 397 g/mol. The summed E-state index contributed by atoms with van der Waals surface area (Å²) in [4.78, 5) is 12.5. The van der Waals surface area contributed by atoms with Crippen molar-refractivity contribution in [1.82, 2.24) is 5.32 Å². The molecule has 106 valence electrons. The molecule has 1 saturated carbocycles. The maximum absolute atomic E-state index is 12.5. The molecule has 0 bridgehead atoms.